The van der Waals surface area contributed by atoms with Gasteiger partial charge in [-0.15, -0.1) is 0 Å². The quantitative estimate of drug-likeness (QED) is 0.723. The van der Waals surface area contributed by atoms with Crippen LogP contribution >= 0.6 is 0 Å². The van der Waals surface area contributed by atoms with Gasteiger partial charge in [0.05, 0.1) is 12.9 Å². The summed E-state index contributed by atoms with van der Waals surface area (Å²) in [5, 5.41) is 0. The standard InChI is InChI=1S/C16H24FNO4S/c1-5-23(20,21)11-12(2)18(3)16(19)9-7-13-6-8-15(22-4)14(17)10-13/h6,8,10,12H,5,7,9,11H2,1-4H3. The Bertz CT molecular complexity index is 645. The van der Waals surface area contributed by atoms with Gasteiger partial charge in [-0.1, -0.05) is 13.0 Å². The lowest BCUT2D eigenvalue weighted by Crippen LogP contribution is -2.39. The van der Waals surface area contributed by atoms with Gasteiger partial charge in [0.15, 0.2) is 21.4 Å². The molecule has 0 aliphatic carbocycles. The molecule has 0 radical (unpaired) electrons. The zero-order chi connectivity index (χ0) is 17.6. The topological polar surface area (TPSA) is 63.7 Å². The van der Waals surface area contributed by atoms with Crippen LogP contribution in [0.15, 0.2) is 18.2 Å². The first-order valence-corrected chi connectivity index (χ1v) is 9.30. The number of carbonyl (C=O) groups excluding carboxylic acids is 1. The van der Waals surface area contributed by atoms with E-state index in [1.165, 1.54) is 24.1 Å². The number of carbonyl (C=O) groups is 1. The minimum Gasteiger partial charge on any atom is -0.494 e. The summed E-state index contributed by atoms with van der Waals surface area (Å²) < 4.78 is 41.7. The monoisotopic (exact) mass is 345 g/mol. The molecule has 0 N–H and O–H groups in total. The van der Waals surface area contributed by atoms with Crippen LogP contribution in [0.2, 0.25) is 0 Å². The molecule has 0 fully saturated rings. The maximum atomic E-state index is 13.6. The van der Waals surface area contributed by atoms with Crippen LogP contribution < -0.4 is 4.74 Å². The number of methoxy groups -OCH3 is 1. The van der Waals surface area contributed by atoms with Gasteiger partial charge in [-0.05, 0) is 31.0 Å². The van der Waals surface area contributed by atoms with Crippen molar-refractivity contribution in [3.05, 3.63) is 29.6 Å². The van der Waals surface area contributed by atoms with Gasteiger partial charge in [0.1, 0.15) is 0 Å². The van der Waals surface area contributed by atoms with E-state index < -0.39 is 15.7 Å². The average molecular weight is 345 g/mol. The van der Waals surface area contributed by atoms with E-state index in [0.717, 1.165) is 0 Å². The summed E-state index contributed by atoms with van der Waals surface area (Å²) in [6, 6.07) is 4.19. The van der Waals surface area contributed by atoms with Crippen molar-refractivity contribution in [1.29, 1.82) is 0 Å². The van der Waals surface area contributed by atoms with Gasteiger partial charge in [0, 0.05) is 25.3 Å². The first kappa shape index (κ1) is 19.4. The predicted octanol–water partition coefficient (Wildman–Crippen LogP) is 2.05. The fourth-order valence-electron chi connectivity index (χ4n) is 2.14. The second kappa shape index (κ2) is 8.29. The smallest absolute Gasteiger partial charge is 0.222 e. The van der Waals surface area contributed by atoms with Crippen LogP contribution in [0.5, 0.6) is 5.75 Å². The Morgan fingerprint density at radius 3 is 2.57 bits per heavy atom. The summed E-state index contributed by atoms with van der Waals surface area (Å²) >= 11 is 0. The molecule has 5 nitrogen and oxygen atoms in total. The van der Waals surface area contributed by atoms with Gasteiger partial charge in [0.25, 0.3) is 0 Å². The largest absolute Gasteiger partial charge is 0.494 e. The first-order chi connectivity index (χ1) is 10.7. The summed E-state index contributed by atoms with van der Waals surface area (Å²) in [6.07, 6.45) is 0.579. The van der Waals surface area contributed by atoms with Gasteiger partial charge in [-0.2, -0.15) is 0 Å². The van der Waals surface area contributed by atoms with E-state index >= 15 is 0 Å². The summed E-state index contributed by atoms with van der Waals surface area (Å²) in [4.78, 5) is 13.6. The van der Waals surface area contributed by atoms with Crippen LogP contribution in [0.1, 0.15) is 25.8 Å². The van der Waals surface area contributed by atoms with Crippen LogP contribution in [-0.4, -0.2) is 50.9 Å². The van der Waals surface area contributed by atoms with Gasteiger partial charge >= 0.3 is 0 Å². The molecule has 1 rings (SSSR count). The highest BCUT2D eigenvalue weighted by atomic mass is 32.2. The molecular formula is C16H24FNO4S. The van der Waals surface area contributed by atoms with Crippen molar-refractivity contribution in [3.63, 3.8) is 0 Å². The molecule has 0 heterocycles. The van der Waals surface area contributed by atoms with Crippen LogP contribution in [0, 0.1) is 5.82 Å². The van der Waals surface area contributed by atoms with E-state index in [1.807, 2.05) is 0 Å². The first-order valence-electron chi connectivity index (χ1n) is 7.48. The van der Waals surface area contributed by atoms with Crippen LogP contribution in [0.25, 0.3) is 0 Å². The number of hydrogen-bond donors (Lipinski definition) is 0. The van der Waals surface area contributed by atoms with Crippen LogP contribution in [0.4, 0.5) is 4.39 Å². The van der Waals surface area contributed by atoms with Gasteiger partial charge in [-0.3, -0.25) is 4.79 Å². The Hall–Kier alpha value is -1.63. The lowest BCUT2D eigenvalue weighted by atomic mass is 10.1. The van der Waals surface area contributed by atoms with Gasteiger partial charge in [0.2, 0.25) is 5.91 Å². The molecule has 130 valence electrons. The average Bonchev–Trinajstić information content (AvgIpc) is 2.51. The Morgan fingerprint density at radius 2 is 2.04 bits per heavy atom. The van der Waals surface area contributed by atoms with Crippen LogP contribution in [-0.2, 0) is 21.1 Å². The number of ether oxygens (including phenoxy) is 1. The molecule has 0 spiro atoms. The number of rotatable bonds is 8. The fourth-order valence-corrected chi connectivity index (χ4v) is 3.33. The molecule has 0 aliphatic rings. The molecule has 1 amide bonds. The zero-order valence-electron chi connectivity index (χ0n) is 14.0. The molecule has 0 bridgehead atoms. The lowest BCUT2D eigenvalue weighted by Gasteiger charge is -2.24. The molecule has 1 aromatic carbocycles. The number of hydrogen-bond acceptors (Lipinski definition) is 4. The summed E-state index contributed by atoms with van der Waals surface area (Å²) in [5.41, 5.74) is 0.693. The second-order valence-electron chi connectivity index (χ2n) is 5.52. The van der Waals surface area contributed by atoms with Crippen molar-refractivity contribution < 1.29 is 22.3 Å². The van der Waals surface area contributed by atoms with E-state index in [2.05, 4.69) is 0 Å². The molecule has 0 saturated carbocycles. The van der Waals surface area contributed by atoms with Crippen molar-refractivity contribution in [2.75, 3.05) is 25.7 Å². The Kier molecular flexibility index (Phi) is 7.00. The number of benzene rings is 1. The molecular weight excluding hydrogens is 321 g/mol. The second-order valence-corrected chi connectivity index (χ2v) is 7.92. The fraction of sp³-hybridized carbons (Fsp3) is 0.562. The third-order valence-electron chi connectivity index (χ3n) is 3.83. The number of aryl methyl sites for hydroxylation is 1. The van der Waals surface area contributed by atoms with Crippen molar-refractivity contribution in [2.45, 2.75) is 32.7 Å². The van der Waals surface area contributed by atoms with Gasteiger partial charge in [-0.25, -0.2) is 12.8 Å². The van der Waals surface area contributed by atoms with Crippen LogP contribution in [0.3, 0.4) is 0 Å². The highest BCUT2D eigenvalue weighted by Crippen LogP contribution is 2.18. The molecule has 7 heteroatoms. The molecule has 1 atom stereocenters. The molecule has 1 aromatic rings. The lowest BCUT2D eigenvalue weighted by molar-refractivity contribution is -0.131. The summed E-state index contributed by atoms with van der Waals surface area (Å²) in [7, 11) is -0.154. The molecule has 0 aromatic heterocycles. The number of halogens is 1. The zero-order valence-corrected chi connectivity index (χ0v) is 14.8. The number of nitrogens with zero attached hydrogens (tertiary/aromatic N) is 1. The Balaban J connectivity index is 2.60. The van der Waals surface area contributed by atoms with E-state index in [4.69, 9.17) is 4.74 Å². The number of sulfone groups is 1. The minimum absolute atomic E-state index is 0.0527. The summed E-state index contributed by atoms with van der Waals surface area (Å²) in [5.74, 6) is -0.461. The molecule has 0 aliphatic heterocycles. The maximum absolute atomic E-state index is 13.6. The molecule has 0 saturated heterocycles. The van der Waals surface area contributed by atoms with E-state index in [-0.39, 0.29) is 35.6 Å². The van der Waals surface area contributed by atoms with Crippen molar-refractivity contribution in [2.24, 2.45) is 0 Å². The van der Waals surface area contributed by atoms with Gasteiger partial charge < -0.3 is 9.64 Å². The molecule has 1 unspecified atom stereocenters. The number of amides is 1. The van der Waals surface area contributed by atoms with E-state index in [0.29, 0.717) is 12.0 Å². The van der Waals surface area contributed by atoms with Crippen molar-refractivity contribution in [1.82, 2.24) is 4.90 Å². The predicted molar refractivity (Wildman–Crippen MR) is 87.8 cm³/mol. The van der Waals surface area contributed by atoms with E-state index in [9.17, 15) is 17.6 Å². The third-order valence-corrected chi connectivity index (χ3v) is 5.70. The molecule has 23 heavy (non-hydrogen) atoms. The Labute approximate surface area is 137 Å². The Morgan fingerprint density at radius 1 is 1.39 bits per heavy atom. The third kappa shape index (κ3) is 5.82. The normalized spacial score (nSPS) is 12.7. The SMILES string of the molecule is CCS(=O)(=O)CC(C)N(C)C(=O)CCc1ccc(OC)c(F)c1. The maximum Gasteiger partial charge on any atom is 0.222 e. The minimum atomic E-state index is -3.14. The highest BCUT2D eigenvalue weighted by molar-refractivity contribution is 7.91. The van der Waals surface area contributed by atoms with Crippen molar-refractivity contribution >= 4 is 15.7 Å². The van der Waals surface area contributed by atoms with E-state index in [1.54, 1.807) is 27.0 Å². The summed E-state index contributed by atoms with van der Waals surface area (Å²) in [6.45, 7) is 3.29. The highest BCUT2D eigenvalue weighted by Gasteiger charge is 2.21. The van der Waals surface area contributed by atoms with Crippen molar-refractivity contribution in [3.8, 4) is 5.75 Å².